The molecule has 0 unspecified atom stereocenters. The number of hydrogen-bond acceptors (Lipinski definition) is 5. The fraction of sp³-hybridized carbons (Fsp3) is 0.273. The lowest BCUT2D eigenvalue weighted by Gasteiger charge is -2.12. The van der Waals surface area contributed by atoms with Gasteiger partial charge < -0.3 is 21.4 Å². The number of nitrogens with two attached hydrogens (primary N) is 2. The van der Waals surface area contributed by atoms with Crippen LogP contribution < -0.4 is 16.8 Å². The zero-order valence-electron chi connectivity index (χ0n) is 10.3. The van der Waals surface area contributed by atoms with Crippen LogP contribution in [0.3, 0.4) is 0 Å². The topological polar surface area (TPSA) is 94.8 Å². The summed E-state index contributed by atoms with van der Waals surface area (Å²) >= 11 is 5.74. The maximum absolute atomic E-state index is 13.9. The molecule has 1 heterocycles. The highest BCUT2D eigenvalue weighted by atomic mass is 35.5. The second kappa shape index (κ2) is 5.31. The van der Waals surface area contributed by atoms with Gasteiger partial charge in [0.25, 0.3) is 0 Å². The molecule has 8 heteroatoms. The summed E-state index contributed by atoms with van der Waals surface area (Å²) in [5, 5.41) is 10.4. The number of aromatic nitrogens is 3. The van der Waals surface area contributed by atoms with Crippen LogP contribution in [0, 0.1) is 5.82 Å². The van der Waals surface area contributed by atoms with Gasteiger partial charge in [0.05, 0.1) is 17.1 Å². The number of rotatable bonds is 4. The zero-order chi connectivity index (χ0) is 14.0. The minimum atomic E-state index is -0.642. The SMILES string of the molecule is Cn1cnnc1CCNc1c(N)cc(N)c(Cl)c1F. The van der Waals surface area contributed by atoms with Gasteiger partial charge in [-0.3, -0.25) is 0 Å². The number of nitrogens with zero attached hydrogens (tertiary/aromatic N) is 3. The van der Waals surface area contributed by atoms with E-state index in [1.807, 2.05) is 7.05 Å². The number of nitrogen functional groups attached to an aromatic ring is 2. The van der Waals surface area contributed by atoms with Gasteiger partial charge in [-0.1, -0.05) is 11.6 Å². The monoisotopic (exact) mass is 284 g/mol. The third-order valence-corrected chi connectivity index (χ3v) is 3.10. The third-order valence-electron chi connectivity index (χ3n) is 2.72. The molecule has 2 aromatic rings. The van der Waals surface area contributed by atoms with Crippen molar-refractivity contribution in [1.82, 2.24) is 14.8 Å². The smallest absolute Gasteiger partial charge is 0.169 e. The van der Waals surface area contributed by atoms with Crippen molar-refractivity contribution in [2.24, 2.45) is 7.05 Å². The molecule has 19 heavy (non-hydrogen) atoms. The maximum Gasteiger partial charge on any atom is 0.169 e. The summed E-state index contributed by atoms with van der Waals surface area (Å²) in [5.41, 5.74) is 11.7. The third kappa shape index (κ3) is 2.70. The first-order chi connectivity index (χ1) is 9.00. The highest BCUT2D eigenvalue weighted by Crippen LogP contribution is 2.33. The Bertz CT molecular complexity index is 597. The molecule has 6 nitrogen and oxygen atoms in total. The summed E-state index contributed by atoms with van der Waals surface area (Å²) in [7, 11) is 1.84. The van der Waals surface area contributed by atoms with Crippen molar-refractivity contribution in [1.29, 1.82) is 0 Å². The van der Waals surface area contributed by atoms with Gasteiger partial charge in [-0.15, -0.1) is 10.2 Å². The van der Waals surface area contributed by atoms with Gasteiger partial charge in [-0.25, -0.2) is 4.39 Å². The summed E-state index contributed by atoms with van der Waals surface area (Å²) in [4.78, 5) is 0. The average Bonchev–Trinajstić information content (AvgIpc) is 2.77. The van der Waals surface area contributed by atoms with Crippen LogP contribution in [-0.4, -0.2) is 21.3 Å². The molecule has 0 spiro atoms. The minimum Gasteiger partial charge on any atom is -0.397 e. The number of hydrogen-bond donors (Lipinski definition) is 3. The Morgan fingerprint density at radius 2 is 2.16 bits per heavy atom. The first-order valence-corrected chi connectivity index (χ1v) is 5.98. The Morgan fingerprint density at radius 3 is 2.79 bits per heavy atom. The standard InChI is InChI=1S/C11H14ClFN6/c1-19-5-17-18-8(19)2-3-16-11-7(15)4-6(14)9(12)10(11)13/h4-5,16H,2-3,14-15H2,1H3. The van der Waals surface area contributed by atoms with Crippen LogP contribution in [0.15, 0.2) is 12.4 Å². The summed E-state index contributed by atoms with van der Waals surface area (Å²) in [6.45, 7) is 0.452. The van der Waals surface area contributed by atoms with E-state index in [4.69, 9.17) is 23.1 Å². The van der Waals surface area contributed by atoms with E-state index in [-0.39, 0.29) is 22.1 Å². The van der Waals surface area contributed by atoms with E-state index in [1.54, 1.807) is 10.9 Å². The van der Waals surface area contributed by atoms with Crippen LogP contribution >= 0.6 is 11.6 Å². The van der Waals surface area contributed by atoms with E-state index >= 15 is 0 Å². The molecule has 0 saturated carbocycles. The zero-order valence-corrected chi connectivity index (χ0v) is 11.1. The van der Waals surface area contributed by atoms with Crippen molar-refractivity contribution in [2.45, 2.75) is 6.42 Å². The van der Waals surface area contributed by atoms with Crippen LogP contribution in [0.4, 0.5) is 21.5 Å². The molecule has 0 atom stereocenters. The van der Waals surface area contributed by atoms with Crippen LogP contribution in [0.25, 0.3) is 0 Å². The molecule has 2 rings (SSSR count). The first-order valence-electron chi connectivity index (χ1n) is 5.60. The number of halogens is 2. The summed E-state index contributed by atoms with van der Waals surface area (Å²) in [5.74, 6) is 0.144. The lowest BCUT2D eigenvalue weighted by atomic mass is 10.2. The molecule has 0 aliphatic rings. The molecule has 5 N–H and O–H groups in total. The number of nitrogens with one attached hydrogen (secondary N) is 1. The van der Waals surface area contributed by atoms with Crippen molar-refractivity contribution >= 4 is 28.7 Å². The Hall–Kier alpha value is -2.02. The molecule has 0 bridgehead atoms. The summed E-state index contributed by atoms with van der Waals surface area (Å²) in [6.07, 6.45) is 2.18. The second-order valence-electron chi connectivity index (χ2n) is 4.09. The first kappa shape index (κ1) is 13.4. The normalized spacial score (nSPS) is 10.7. The van der Waals surface area contributed by atoms with Crippen LogP contribution in [0.1, 0.15) is 5.82 Å². The Balaban J connectivity index is 2.08. The summed E-state index contributed by atoms with van der Waals surface area (Å²) < 4.78 is 15.7. The Labute approximate surface area is 114 Å². The lowest BCUT2D eigenvalue weighted by molar-refractivity contribution is 0.631. The molecule has 0 aliphatic heterocycles. The van der Waals surface area contributed by atoms with E-state index < -0.39 is 5.82 Å². The van der Waals surface area contributed by atoms with Gasteiger partial charge in [0, 0.05) is 20.0 Å². The molecular formula is C11H14ClFN6. The van der Waals surface area contributed by atoms with E-state index in [9.17, 15) is 4.39 Å². The minimum absolute atomic E-state index is 0.121. The van der Waals surface area contributed by atoms with Crippen molar-refractivity contribution < 1.29 is 4.39 Å². The molecule has 0 aliphatic carbocycles. The second-order valence-corrected chi connectivity index (χ2v) is 4.47. The van der Waals surface area contributed by atoms with E-state index in [2.05, 4.69) is 15.5 Å². The van der Waals surface area contributed by atoms with E-state index in [0.29, 0.717) is 13.0 Å². The van der Waals surface area contributed by atoms with E-state index in [1.165, 1.54) is 6.07 Å². The highest BCUT2D eigenvalue weighted by molar-refractivity contribution is 6.33. The van der Waals surface area contributed by atoms with E-state index in [0.717, 1.165) is 5.82 Å². The quantitative estimate of drug-likeness (QED) is 0.738. The predicted molar refractivity (Wildman–Crippen MR) is 73.4 cm³/mol. The highest BCUT2D eigenvalue weighted by Gasteiger charge is 2.14. The Kier molecular flexibility index (Phi) is 3.75. The fourth-order valence-corrected chi connectivity index (χ4v) is 1.83. The van der Waals surface area contributed by atoms with Gasteiger partial charge >= 0.3 is 0 Å². The largest absolute Gasteiger partial charge is 0.397 e. The van der Waals surface area contributed by atoms with Crippen molar-refractivity contribution in [3.8, 4) is 0 Å². The van der Waals surface area contributed by atoms with Crippen molar-refractivity contribution in [3.63, 3.8) is 0 Å². The fourth-order valence-electron chi connectivity index (χ4n) is 1.68. The van der Waals surface area contributed by atoms with Gasteiger partial charge in [-0.05, 0) is 6.07 Å². The summed E-state index contributed by atoms with van der Waals surface area (Å²) in [6, 6.07) is 1.43. The van der Waals surface area contributed by atoms with Crippen LogP contribution in [-0.2, 0) is 13.5 Å². The van der Waals surface area contributed by atoms with Crippen molar-refractivity contribution in [3.05, 3.63) is 29.1 Å². The average molecular weight is 285 g/mol. The molecule has 1 aromatic heterocycles. The maximum atomic E-state index is 13.9. The molecule has 0 radical (unpaired) electrons. The molecular weight excluding hydrogens is 271 g/mol. The molecule has 0 amide bonds. The van der Waals surface area contributed by atoms with Gasteiger partial charge in [-0.2, -0.15) is 0 Å². The number of benzene rings is 1. The molecule has 0 saturated heterocycles. The van der Waals surface area contributed by atoms with Gasteiger partial charge in [0.2, 0.25) is 0 Å². The molecule has 102 valence electrons. The van der Waals surface area contributed by atoms with Gasteiger partial charge in [0.1, 0.15) is 17.2 Å². The Morgan fingerprint density at radius 1 is 1.42 bits per heavy atom. The molecule has 0 fully saturated rings. The van der Waals surface area contributed by atoms with Crippen LogP contribution in [0.5, 0.6) is 0 Å². The lowest BCUT2D eigenvalue weighted by Crippen LogP contribution is -2.12. The van der Waals surface area contributed by atoms with Gasteiger partial charge in [0.15, 0.2) is 5.82 Å². The number of anilines is 3. The van der Waals surface area contributed by atoms with Crippen LogP contribution in [0.2, 0.25) is 5.02 Å². The van der Waals surface area contributed by atoms with Crippen molar-refractivity contribution in [2.75, 3.05) is 23.3 Å². The predicted octanol–water partition coefficient (Wildman–Crippen LogP) is 1.43. The molecule has 1 aromatic carbocycles. The number of aryl methyl sites for hydroxylation is 1.